The predicted octanol–water partition coefficient (Wildman–Crippen LogP) is 3.88. The fourth-order valence-corrected chi connectivity index (χ4v) is 2.55. The summed E-state index contributed by atoms with van der Waals surface area (Å²) in [6.45, 7) is 0. The van der Waals surface area contributed by atoms with E-state index in [-0.39, 0.29) is 5.56 Å². The number of halogens is 1. The highest BCUT2D eigenvalue weighted by Gasteiger charge is 2.16. The van der Waals surface area contributed by atoms with Gasteiger partial charge in [-0.2, -0.15) is 0 Å². The van der Waals surface area contributed by atoms with Crippen LogP contribution >= 0.6 is 15.9 Å². The zero-order chi connectivity index (χ0) is 14.3. The summed E-state index contributed by atoms with van der Waals surface area (Å²) in [6.07, 6.45) is 0. The molecule has 0 bridgehead atoms. The molecule has 0 saturated heterocycles. The van der Waals surface area contributed by atoms with Crippen molar-refractivity contribution in [2.75, 3.05) is 5.73 Å². The number of H-pyrrole nitrogens is 1. The van der Waals surface area contributed by atoms with Gasteiger partial charge in [0, 0.05) is 32.3 Å². The molecular formula is C15H11BrN2O2. The molecular weight excluding hydrogens is 320 g/mol. The summed E-state index contributed by atoms with van der Waals surface area (Å²) in [4.78, 5) is 14.6. The number of aromatic carboxylic acids is 1. The first-order valence-corrected chi connectivity index (χ1v) is 6.76. The molecule has 3 rings (SSSR count). The maximum absolute atomic E-state index is 11.4. The van der Waals surface area contributed by atoms with Crippen LogP contribution in [0.2, 0.25) is 0 Å². The maximum Gasteiger partial charge on any atom is 0.336 e. The number of aromatic nitrogens is 1. The standard InChI is InChI=1S/C15H11BrN2O2/c16-11-6-10(15(19)20)9(7-12(11)17)14-5-8-3-1-2-4-13(8)18-14/h1-7,18H,17H2,(H,19,20). The number of anilines is 1. The van der Waals surface area contributed by atoms with E-state index in [1.165, 1.54) is 6.07 Å². The van der Waals surface area contributed by atoms with E-state index >= 15 is 0 Å². The van der Waals surface area contributed by atoms with Crippen molar-refractivity contribution in [2.24, 2.45) is 0 Å². The Labute approximate surface area is 123 Å². The molecule has 0 spiro atoms. The molecule has 4 N–H and O–H groups in total. The minimum Gasteiger partial charge on any atom is -0.478 e. The van der Waals surface area contributed by atoms with Gasteiger partial charge >= 0.3 is 5.97 Å². The van der Waals surface area contributed by atoms with Gasteiger partial charge in [0.2, 0.25) is 0 Å². The SMILES string of the molecule is Nc1cc(-c2cc3ccccc3[nH]2)c(C(=O)O)cc1Br. The fourth-order valence-electron chi connectivity index (χ4n) is 2.21. The third-order valence-electron chi connectivity index (χ3n) is 3.19. The summed E-state index contributed by atoms with van der Waals surface area (Å²) in [5.41, 5.74) is 8.85. The average Bonchev–Trinajstić information content (AvgIpc) is 2.84. The summed E-state index contributed by atoms with van der Waals surface area (Å²) < 4.78 is 0.578. The summed E-state index contributed by atoms with van der Waals surface area (Å²) in [7, 11) is 0. The van der Waals surface area contributed by atoms with Crippen LogP contribution in [0.5, 0.6) is 0 Å². The normalized spacial score (nSPS) is 10.8. The number of benzene rings is 2. The molecule has 0 radical (unpaired) electrons. The third-order valence-corrected chi connectivity index (χ3v) is 3.87. The molecule has 5 heteroatoms. The smallest absolute Gasteiger partial charge is 0.336 e. The zero-order valence-corrected chi connectivity index (χ0v) is 11.9. The number of para-hydroxylation sites is 1. The molecule has 2 aromatic carbocycles. The summed E-state index contributed by atoms with van der Waals surface area (Å²) in [6, 6.07) is 12.9. The van der Waals surface area contributed by atoms with E-state index in [0.717, 1.165) is 16.6 Å². The quantitative estimate of drug-likeness (QED) is 0.624. The molecule has 100 valence electrons. The molecule has 0 saturated carbocycles. The second-order valence-corrected chi connectivity index (χ2v) is 5.35. The number of rotatable bonds is 2. The molecule has 0 atom stereocenters. The molecule has 20 heavy (non-hydrogen) atoms. The number of fused-ring (bicyclic) bond motifs is 1. The summed E-state index contributed by atoms with van der Waals surface area (Å²) in [5, 5.41) is 10.4. The zero-order valence-electron chi connectivity index (χ0n) is 10.4. The Hall–Kier alpha value is -2.27. The van der Waals surface area contributed by atoms with Gasteiger partial charge < -0.3 is 15.8 Å². The average molecular weight is 331 g/mol. The van der Waals surface area contributed by atoms with E-state index in [4.69, 9.17) is 5.73 Å². The Kier molecular flexibility index (Phi) is 2.99. The largest absolute Gasteiger partial charge is 0.478 e. The van der Waals surface area contributed by atoms with Gasteiger partial charge in [-0.05, 0) is 40.2 Å². The van der Waals surface area contributed by atoms with Crippen molar-refractivity contribution in [1.82, 2.24) is 4.98 Å². The highest BCUT2D eigenvalue weighted by Crippen LogP contribution is 2.32. The van der Waals surface area contributed by atoms with Crippen LogP contribution in [0.1, 0.15) is 10.4 Å². The number of aromatic amines is 1. The van der Waals surface area contributed by atoms with Crippen molar-refractivity contribution >= 4 is 38.5 Å². The predicted molar refractivity (Wildman–Crippen MR) is 82.8 cm³/mol. The minimum absolute atomic E-state index is 0.206. The van der Waals surface area contributed by atoms with Crippen LogP contribution in [-0.2, 0) is 0 Å². The van der Waals surface area contributed by atoms with Gasteiger partial charge in [-0.15, -0.1) is 0 Å². The molecule has 1 aromatic heterocycles. The topological polar surface area (TPSA) is 79.1 Å². The summed E-state index contributed by atoms with van der Waals surface area (Å²) >= 11 is 3.26. The molecule has 0 fully saturated rings. The van der Waals surface area contributed by atoms with Crippen molar-refractivity contribution in [3.63, 3.8) is 0 Å². The fraction of sp³-hybridized carbons (Fsp3) is 0. The molecule has 0 aliphatic carbocycles. The number of nitrogens with one attached hydrogen (secondary N) is 1. The second-order valence-electron chi connectivity index (χ2n) is 4.49. The van der Waals surface area contributed by atoms with Crippen molar-refractivity contribution in [3.8, 4) is 11.3 Å². The van der Waals surface area contributed by atoms with E-state index in [1.54, 1.807) is 6.07 Å². The first-order valence-electron chi connectivity index (χ1n) is 5.96. The third kappa shape index (κ3) is 2.06. The summed E-state index contributed by atoms with van der Waals surface area (Å²) in [5.74, 6) is -0.987. The van der Waals surface area contributed by atoms with Gasteiger partial charge in [0.15, 0.2) is 0 Å². The Balaban J connectivity index is 2.27. The molecule has 0 unspecified atom stereocenters. The molecule has 0 amide bonds. The Morgan fingerprint density at radius 1 is 1.20 bits per heavy atom. The van der Waals surface area contributed by atoms with Gasteiger partial charge in [-0.3, -0.25) is 0 Å². The molecule has 4 nitrogen and oxygen atoms in total. The lowest BCUT2D eigenvalue weighted by Gasteiger charge is -2.07. The highest BCUT2D eigenvalue weighted by molar-refractivity contribution is 9.10. The molecule has 0 aliphatic rings. The van der Waals surface area contributed by atoms with Crippen molar-refractivity contribution < 1.29 is 9.90 Å². The van der Waals surface area contributed by atoms with Crippen LogP contribution in [0.3, 0.4) is 0 Å². The number of hydrogen-bond acceptors (Lipinski definition) is 2. The number of carboxylic acid groups (broad SMARTS) is 1. The lowest BCUT2D eigenvalue weighted by Crippen LogP contribution is -2.01. The van der Waals surface area contributed by atoms with Gasteiger partial charge in [-0.25, -0.2) is 4.79 Å². The van der Waals surface area contributed by atoms with Crippen LogP contribution in [-0.4, -0.2) is 16.1 Å². The first kappa shape index (κ1) is 12.7. The van der Waals surface area contributed by atoms with E-state index in [1.807, 2.05) is 30.3 Å². The molecule has 1 heterocycles. The van der Waals surface area contributed by atoms with Crippen LogP contribution in [0, 0.1) is 0 Å². The number of nitrogens with two attached hydrogens (primary N) is 1. The van der Waals surface area contributed by atoms with Crippen LogP contribution in [0.4, 0.5) is 5.69 Å². The Bertz CT molecular complexity index is 791. The lowest BCUT2D eigenvalue weighted by atomic mass is 10.0. The van der Waals surface area contributed by atoms with Crippen LogP contribution in [0.25, 0.3) is 22.2 Å². The van der Waals surface area contributed by atoms with Crippen molar-refractivity contribution in [3.05, 3.63) is 52.5 Å². The van der Waals surface area contributed by atoms with Crippen molar-refractivity contribution in [1.29, 1.82) is 0 Å². The van der Waals surface area contributed by atoms with Crippen LogP contribution in [0.15, 0.2) is 46.9 Å². The molecule has 0 aliphatic heterocycles. The number of hydrogen-bond donors (Lipinski definition) is 3. The minimum atomic E-state index is -0.987. The van der Waals surface area contributed by atoms with E-state index in [2.05, 4.69) is 20.9 Å². The van der Waals surface area contributed by atoms with Gasteiger partial charge in [0.05, 0.1) is 5.56 Å². The second kappa shape index (κ2) is 4.68. The van der Waals surface area contributed by atoms with Crippen molar-refractivity contribution in [2.45, 2.75) is 0 Å². The Morgan fingerprint density at radius 2 is 1.95 bits per heavy atom. The maximum atomic E-state index is 11.4. The monoisotopic (exact) mass is 330 g/mol. The van der Waals surface area contributed by atoms with Gasteiger partial charge in [0.1, 0.15) is 0 Å². The molecule has 3 aromatic rings. The van der Waals surface area contributed by atoms with E-state index in [0.29, 0.717) is 15.7 Å². The van der Waals surface area contributed by atoms with Crippen LogP contribution < -0.4 is 5.73 Å². The van der Waals surface area contributed by atoms with Gasteiger partial charge in [0.25, 0.3) is 0 Å². The number of carbonyl (C=O) groups is 1. The Morgan fingerprint density at radius 3 is 2.65 bits per heavy atom. The highest BCUT2D eigenvalue weighted by atomic mass is 79.9. The number of carboxylic acids is 1. The van der Waals surface area contributed by atoms with E-state index in [9.17, 15) is 9.90 Å². The van der Waals surface area contributed by atoms with E-state index < -0.39 is 5.97 Å². The lowest BCUT2D eigenvalue weighted by molar-refractivity contribution is 0.0697. The number of nitrogen functional groups attached to an aromatic ring is 1. The first-order chi connectivity index (χ1) is 9.56. The van der Waals surface area contributed by atoms with Gasteiger partial charge in [-0.1, -0.05) is 18.2 Å².